The SMILES string of the molecule is CC1=C(C(=O)OCCOc2ccccc2)[C@H](c2ccccc2F)C2=C(CCCC2=O)N1. The smallest absolute Gasteiger partial charge is 0.336 e. The standard InChI is InChI=1S/C25H24FNO4/c1-16-22(25(29)31-15-14-30-17-8-3-2-4-9-17)23(18-10-5-6-11-19(18)26)24-20(27-16)12-7-13-21(24)28/h2-6,8-11,23,27H,7,12-15H2,1H3/t23-/m0/s1. The summed E-state index contributed by atoms with van der Waals surface area (Å²) in [7, 11) is 0. The van der Waals surface area contributed by atoms with Crippen LogP contribution in [0.5, 0.6) is 5.75 Å². The lowest BCUT2D eigenvalue weighted by Gasteiger charge is -2.34. The number of ketones is 1. The van der Waals surface area contributed by atoms with Crippen molar-refractivity contribution in [1.29, 1.82) is 0 Å². The molecule has 0 fully saturated rings. The summed E-state index contributed by atoms with van der Waals surface area (Å²) in [5.41, 5.74) is 2.38. The fourth-order valence-electron chi connectivity index (χ4n) is 4.16. The molecule has 5 nitrogen and oxygen atoms in total. The van der Waals surface area contributed by atoms with Gasteiger partial charge in [0.05, 0.1) is 11.5 Å². The van der Waals surface area contributed by atoms with Crippen molar-refractivity contribution in [2.24, 2.45) is 0 Å². The van der Waals surface area contributed by atoms with Gasteiger partial charge in [0.15, 0.2) is 5.78 Å². The van der Waals surface area contributed by atoms with Crippen LogP contribution < -0.4 is 10.1 Å². The zero-order valence-corrected chi connectivity index (χ0v) is 17.3. The van der Waals surface area contributed by atoms with Gasteiger partial charge in [-0.3, -0.25) is 4.79 Å². The van der Waals surface area contributed by atoms with Crippen LogP contribution in [0.4, 0.5) is 4.39 Å². The molecule has 2 aromatic rings. The third-order valence-corrected chi connectivity index (χ3v) is 5.54. The second kappa shape index (κ2) is 9.16. The van der Waals surface area contributed by atoms with Gasteiger partial charge >= 0.3 is 5.97 Å². The molecule has 1 aliphatic carbocycles. The predicted octanol–water partition coefficient (Wildman–Crippen LogP) is 4.42. The molecule has 2 aromatic carbocycles. The molecule has 1 heterocycles. The van der Waals surface area contributed by atoms with Crippen molar-refractivity contribution in [3.05, 3.63) is 88.5 Å². The molecule has 0 bridgehead atoms. The molecule has 0 saturated heterocycles. The van der Waals surface area contributed by atoms with Crippen LogP contribution in [-0.4, -0.2) is 25.0 Å². The quantitative estimate of drug-likeness (QED) is 0.553. The Morgan fingerprint density at radius 3 is 2.58 bits per heavy atom. The van der Waals surface area contributed by atoms with Crippen molar-refractivity contribution in [2.75, 3.05) is 13.2 Å². The molecule has 0 saturated carbocycles. The van der Waals surface area contributed by atoms with Gasteiger partial charge in [-0.2, -0.15) is 0 Å². The van der Waals surface area contributed by atoms with Crippen molar-refractivity contribution in [3.8, 4) is 5.75 Å². The summed E-state index contributed by atoms with van der Waals surface area (Å²) < 4.78 is 25.8. The van der Waals surface area contributed by atoms with Gasteiger partial charge in [-0.25, -0.2) is 9.18 Å². The van der Waals surface area contributed by atoms with E-state index in [-0.39, 0.29) is 24.6 Å². The Hall–Kier alpha value is -3.41. The van der Waals surface area contributed by atoms with Crippen molar-refractivity contribution < 1.29 is 23.5 Å². The molecule has 0 radical (unpaired) electrons. The Bertz CT molecular complexity index is 1060. The summed E-state index contributed by atoms with van der Waals surface area (Å²) >= 11 is 0. The highest BCUT2D eigenvalue weighted by atomic mass is 19.1. The average molecular weight is 421 g/mol. The van der Waals surface area contributed by atoms with Crippen molar-refractivity contribution in [1.82, 2.24) is 5.32 Å². The highest BCUT2D eigenvalue weighted by Crippen LogP contribution is 2.43. The second-order valence-electron chi connectivity index (χ2n) is 7.58. The van der Waals surface area contributed by atoms with Crippen LogP contribution in [0.25, 0.3) is 0 Å². The molecular weight excluding hydrogens is 397 g/mol. The molecule has 31 heavy (non-hydrogen) atoms. The van der Waals surface area contributed by atoms with Gasteiger partial charge in [0.1, 0.15) is 24.8 Å². The number of carbonyl (C=O) groups is 2. The summed E-state index contributed by atoms with van der Waals surface area (Å²) in [6, 6.07) is 15.5. The van der Waals surface area contributed by atoms with E-state index in [0.717, 1.165) is 12.1 Å². The monoisotopic (exact) mass is 421 g/mol. The van der Waals surface area contributed by atoms with Gasteiger partial charge in [-0.1, -0.05) is 36.4 Å². The predicted molar refractivity (Wildman–Crippen MR) is 114 cm³/mol. The molecule has 1 N–H and O–H groups in total. The van der Waals surface area contributed by atoms with Crippen LogP contribution >= 0.6 is 0 Å². The van der Waals surface area contributed by atoms with Gasteiger partial charge in [-0.05, 0) is 38.0 Å². The number of carbonyl (C=O) groups excluding carboxylic acids is 2. The van der Waals surface area contributed by atoms with E-state index in [1.165, 1.54) is 6.07 Å². The van der Waals surface area contributed by atoms with Gasteiger partial charge in [0, 0.05) is 29.0 Å². The number of nitrogens with one attached hydrogen (secondary N) is 1. The summed E-state index contributed by atoms with van der Waals surface area (Å²) in [4.78, 5) is 25.9. The first-order chi connectivity index (χ1) is 15.1. The second-order valence-corrected chi connectivity index (χ2v) is 7.58. The molecule has 4 rings (SSSR count). The van der Waals surface area contributed by atoms with E-state index >= 15 is 0 Å². The normalized spacial score (nSPS) is 18.4. The topological polar surface area (TPSA) is 64.6 Å². The first kappa shape index (κ1) is 20.8. The summed E-state index contributed by atoms with van der Waals surface area (Å²) in [5.74, 6) is -1.20. The molecular formula is C25H24FNO4. The molecule has 1 aliphatic heterocycles. The van der Waals surface area contributed by atoms with Crippen LogP contribution in [0.1, 0.15) is 37.7 Å². The Kier molecular flexibility index (Phi) is 6.16. The van der Waals surface area contributed by atoms with E-state index in [2.05, 4.69) is 5.32 Å². The van der Waals surface area contributed by atoms with E-state index in [0.29, 0.717) is 35.4 Å². The Morgan fingerprint density at radius 2 is 1.81 bits per heavy atom. The largest absolute Gasteiger partial charge is 0.490 e. The Labute approximate surface area is 180 Å². The number of para-hydroxylation sites is 1. The zero-order valence-electron chi connectivity index (χ0n) is 17.3. The number of esters is 1. The lowest BCUT2D eigenvalue weighted by atomic mass is 9.75. The Balaban J connectivity index is 1.57. The highest BCUT2D eigenvalue weighted by Gasteiger charge is 2.40. The van der Waals surface area contributed by atoms with Gasteiger partial charge in [0.25, 0.3) is 0 Å². The van der Waals surface area contributed by atoms with E-state index < -0.39 is 17.7 Å². The number of hydrogen-bond acceptors (Lipinski definition) is 5. The van der Waals surface area contributed by atoms with Crippen LogP contribution in [0.3, 0.4) is 0 Å². The number of ether oxygens (including phenoxy) is 2. The highest BCUT2D eigenvalue weighted by molar-refractivity contribution is 6.03. The number of dihydropyridines is 1. The minimum atomic E-state index is -0.784. The first-order valence-corrected chi connectivity index (χ1v) is 10.4. The average Bonchev–Trinajstić information content (AvgIpc) is 2.77. The van der Waals surface area contributed by atoms with E-state index in [1.807, 2.05) is 30.3 Å². The van der Waals surface area contributed by atoms with Crippen molar-refractivity contribution in [2.45, 2.75) is 32.1 Å². The van der Waals surface area contributed by atoms with Gasteiger partial charge in [0.2, 0.25) is 0 Å². The van der Waals surface area contributed by atoms with E-state index in [4.69, 9.17) is 9.47 Å². The van der Waals surface area contributed by atoms with Crippen molar-refractivity contribution >= 4 is 11.8 Å². The zero-order chi connectivity index (χ0) is 21.8. The number of rotatable bonds is 6. The number of allylic oxidation sites excluding steroid dienone is 3. The summed E-state index contributed by atoms with van der Waals surface area (Å²) in [6.45, 7) is 1.98. The molecule has 1 atom stereocenters. The van der Waals surface area contributed by atoms with Crippen LogP contribution in [0.2, 0.25) is 0 Å². The molecule has 160 valence electrons. The first-order valence-electron chi connectivity index (χ1n) is 10.4. The summed E-state index contributed by atoms with van der Waals surface area (Å²) in [5, 5.41) is 3.20. The summed E-state index contributed by atoms with van der Waals surface area (Å²) in [6.07, 6.45) is 1.81. The lowest BCUT2D eigenvalue weighted by molar-refractivity contribution is -0.140. The molecule has 0 aromatic heterocycles. The van der Waals surface area contributed by atoms with E-state index in [9.17, 15) is 14.0 Å². The Morgan fingerprint density at radius 1 is 1.06 bits per heavy atom. The van der Waals surface area contributed by atoms with Crippen molar-refractivity contribution in [3.63, 3.8) is 0 Å². The molecule has 0 unspecified atom stereocenters. The molecule has 0 spiro atoms. The fourth-order valence-corrected chi connectivity index (χ4v) is 4.16. The lowest BCUT2D eigenvalue weighted by Crippen LogP contribution is -2.35. The maximum Gasteiger partial charge on any atom is 0.336 e. The number of Topliss-reactive ketones (excluding diaryl/α,β-unsaturated/α-hetero) is 1. The van der Waals surface area contributed by atoms with Crippen LogP contribution in [-0.2, 0) is 14.3 Å². The maximum absolute atomic E-state index is 14.8. The minimum Gasteiger partial charge on any atom is -0.490 e. The van der Waals surface area contributed by atoms with Gasteiger partial charge < -0.3 is 14.8 Å². The maximum atomic E-state index is 14.8. The van der Waals surface area contributed by atoms with Gasteiger partial charge in [-0.15, -0.1) is 0 Å². The number of benzene rings is 2. The van der Waals surface area contributed by atoms with E-state index in [1.54, 1.807) is 25.1 Å². The molecule has 2 aliphatic rings. The molecule has 6 heteroatoms. The van der Waals surface area contributed by atoms with Crippen LogP contribution in [0, 0.1) is 5.82 Å². The minimum absolute atomic E-state index is 0.0361. The third kappa shape index (κ3) is 4.38. The van der Waals surface area contributed by atoms with Crippen LogP contribution in [0.15, 0.2) is 77.1 Å². The third-order valence-electron chi connectivity index (χ3n) is 5.54. The number of hydrogen-bond donors (Lipinski definition) is 1. The molecule has 0 amide bonds. The number of halogens is 1. The fraction of sp³-hybridized carbons (Fsp3) is 0.280.